The third kappa shape index (κ3) is 2.92. The molecule has 0 aliphatic heterocycles. The summed E-state index contributed by atoms with van der Waals surface area (Å²) in [5, 5.41) is 3.08. The number of carbonyl (C=O) groups excluding carboxylic acids is 1. The van der Waals surface area contributed by atoms with E-state index in [1.54, 1.807) is 0 Å². The maximum atomic E-state index is 13.0. The molecule has 1 saturated carbocycles. The van der Waals surface area contributed by atoms with E-state index in [9.17, 15) is 4.79 Å². The number of amides is 1. The van der Waals surface area contributed by atoms with Crippen LogP contribution in [0.3, 0.4) is 0 Å². The van der Waals surface area contributed by atoms with Crippen molar-refractivity contribution in [1.29, 1.82) is 0 Å². The Morgan fingerprint density at radius 3 is 1.81 bits per heavy atom. The van der Waals surface area contributed by atoms with Gasteiger partial charge in [0.2, 0.25) is 5.91 Å². The van der Waals surface area contributed by atoms with Gasteiger partial charge in [0.05, 0.1) is 5.92 Å². The summed E-state index contributed by atoms with van der Waals surface area (Å²) in [4.78, 5) is 13.0. The van der Waals surface area contributed by atoms with Gasteiger partial charge >= 0.3 is 0 Å². The summed E-state index contributed by atoms with van der Waals surface area (Å²) in [5.74, 6) is 0.0467. The molecule has 130 valence electrons. The molecule has 1 fully saturated rings. The zero-order valence-corrected chi connectivity index (χ0v) is 15.2. The van der Waals surface area contributed by atoms with E-state index in [0.29, 0.717) is 0 Å². The van der Waals surface area contributed by atoms with Crippen LogP contribution in [0.2, 0.25) is 0 Å². The van der Waals surface area contributed by atoms with Crippen molar-refractivity contribution in [2.75, 3.05) is 5.32 Å². The summed E-state index contributed by atoms with van der Waals surface area (Å²) in [6.07, 6.45) is 0.845. The van der Waals surface area contributed by atoms with Gasteiger partial charge in [0.15, 0.2) is 0 Å². The Morgan fingerprint density at radius 2 is 1.31 bits per heavy atom. The Kier molecular flexibility index (Phi) is 4.12. The third-order valence-electron chi connectivity index (χ3n) is 5.45. The molecule has 2 heteroatoms. The molecular weight excluding hydrogens is 318 g/mol. The summed E-state index contributed by atoms with van der Waals surface area (Å²) in [6, 6.07) is 26.9. The standard InChI is InChI=1S/C24H23NO/c1-17-8-12-19(13-9-17)24(20-14-10-18(2)11-15-20)16-22(24)23(26)25-21-6-4-3-5-7-21/h3-15,22H,16H2,1-2H3,(H,25,26)/t22-/m1/s1. The van der Waals surface area contributed by atoms with Gasteiger partial charge in [-0.1, -0.05) is 77.9 Å². The second kappa shape index (κ2) is 6.45. The number of rotatable bonds is 4. The Morgan fingerprint density at radius 1 is 0.808 bits per heavy atom. The van der Waals surface area contributed by atoms with Gasteiger partial charge in [-0.2, -0.15) is 0 Å². The second-order valence-corrected chi connectivity index (χ2v) is 7.32. The first-order valence-corrected chi connectivity index (χ1v) is 9.10. The van der Waals surface area contributed by atoms with Crippen LogP contribution in [-0.4, -0.2) is 5.91 Å². The maximum Gasteiger partial charge on any atom is 0.228 e. The average Bonchev–Trinajstić information content (AvgIpc) is 3.41. The van der Waals surface area contributed by atoms with E-state index >= 15 is 0 Å². The first-order valence-electron chi connectivity index (χ1n) is 9.10. The fourth-order valence-corrected chi connectivity index (χ4v) is 3.84. The van der Waals surface area contributed by atoms with Gasteiger partial charge in [0.25, 0.3) is 0 Å². The van der Waals surface area contributed by atoms with Gasteiger partial charge in [-0.05, 0) is 43.5 Å². The molecule has 0 aromatic heterocycles. The van der Waals surface area contributed by atoms with Crippen molar-refractivity contribution in [2.45, 2.75) is 25.7 Å². The molecule has 1 amide bonds. The number of hydrogen-bond acceptors (Lipinski definition) is 1. The Labute approximate surface area is 154 Å². The largest absolute Gasteiger partial charge is 0.326 e. The Bertz CT molecular complexity index is 865. The molecule has 0 saturated heterocycles. The first-order chi connectivity index (χ1) is 12.6. The van der Waals surface area contributed by atoms with E-state index < -0.39 is 0 Å². The van der Waals surface area contributed by atoms with E-state index in [2.05, 4.69) is 67.7 Å². The Balaban J connectivity index is 1.68. The van der Waals surface area contributed by atoms with Gasteiger partial charge in [-0.15, -0.1) is 0 Å². The van der Waals surface area contributed by atoms with Crippen LogP contribution in [0.4, 0.5) is 5.69 Å². The molecule has 1 aliphatic carbocycles. The summed E-state index contributed by atoms with van der Waals surface area (Å²) in [7, 11) is 0. The van der Waals surface area contributed by atoms with E-state index in [1.807, 2.05) is 30.3 Å². The second-order valence-electron chi connectivity index (χ2n) is 7.32. The molecule has 1 N–H and O–H groups in total. The minimum absolute atomic E-state index is 0.0480. The van der Waals surface area contributed by atoms with Gasteiger partial charge < -0.3 is 5.32 Å². The molecule has 0 heterocycles. The van der Waals surface area contributed by atoms with Crippen molar-refractivity contribution < 1.29 is 4.79 Å². The number of benzene rings is 3. The summed E-state index contributed by atoms with van der Waals surface area (Å²) < 4.78 is 0. The number of para-hydroxylation sites is 1. The monoisotopic (exact) mass is 341 g/mol. The molecule has 3 aromatic rings. The molecule has 2 nitrogen and oxygen atoms in total. The maximum absolute atomic E-state index is 13.0. The molecule has 1 atom stereocenters. The first kappa shape index (κ1) is 16.6. The highest BCUT2D eigenvalue weighted by atomic mass is 16.2. The van der Waals surface area contributed by atoms with E-state index in [-0.39, 0.29) is 17.2 Å². The van der Waals surface area contributed by atoms with Crippen molar-refractivity contribution >= 4 is 11.6 Å². The van der Waals surface area contributed by atoms with Gasteiger partial charge in [0.1, 0.15) is 0 Å². The van der Waals surface area contributed by atoms with Crippen molar-refractivity contribution in [3.8, 4) is 0 Å². The number of nitrogens with one attached hydrogen (secondary N) is 1. The number of hydrogen-bond donors (Lipinski definition) is 1. The molecule has 0 radical (unpaired) electrons. The lowest BCUT2D eigenvalue weighted by atomic mass is 9.85. The molecule has 0 unspecified atom stereocenters. The fraction of sp³-hybridized carbons (Fsp3) is 0.208. The zero-order chi connectivity index (χ0) is 18.1. The van der Waals surface area contributed by atoms with Crippen molar-refractivity contribution in [3.63, 3.8) is 0 Å². The lowest BCUT2D eigenvalue weighted by Gasteiger charge is -2.19. The minimum atomic E-state index is -0.222. The lowest BCUT2D eigenvalue weighted by molar-refractivity contribution is -0.117. The summed E-state index contributed by atoms with van der Waals surface area (Å²) in [5.41, 5.74) is 5.55. The van der Waals surface area contributed by atoms with Crippen LogP contribution in [-0.2, 0) is 10.2 Å². The molecular formula is C24H23NO. The van der Waals surface area contributed by atoms with Crippen LogP contribution in [0.15, 0.2) is 78.9 Å². The number of anilines is 1. The van der Waals surface area contributed by atoms with Crippen LogP contribution in [0.1, 0.15) is 28.7 Å². The molecule has 1 aliphatic rings. The van der Waals surface area contributed by atoms with Gasteiger partial charge in [-0.25, -0.2) is 0 Å². The van der Waals surface area contributed by atoms with Crippen LogP contribution in [0.5, 0.6) is 0 Å². The highest BCUT2D eigenvalue weighted by Gasteiger charge is 2.60. The third-order valence-corrected chi connectivity index (χ3v) is 5.45. The van der Waals surface area contributed by atoms with Crippen molar-refractivity contribution in [3.05, 3.63) is 101 Å². The number of aryl methyl sites for hydroxylation is 2. The van der Waals surface area contributed by atoms with E-state index in [4.69, 9.17) is 0 Å². The Hall–Kier alpha value is -2.87. The van der Waals surface area contributed by atoms with Gasteiger partial charge in [0, 0.05) is 11.1 Å². The highest BCUT2D eigenvalue weighted by Crippen LogP contribution is 2.59. The molecule has 0 bridgehead atoms. The molecule has 26 heavy (non-hydrogen) atoms. The van der Waals surface area contributed by atoms with Crippen LogP contribution < -0.4 is 5.32 Å². The number of carbonyl (C=O) groups is 1. The highest BCUT2D eigenvalue weighted by molar-refractivity contribution is 5.97. The predicted octanol–water partition coefficient (Wildman–Crippen LogP) is 5.25. The van der Waals surface area contributed by atoms with Crippen molar-refractivity contribution in [2.24, 2.45) is 5.92 Å². The SMILES string of the molecule is Cc1ccc(C2(c3ccc(C)cc3)C[C@@H]2C(=O)Nc2ccccc2)cc1. The van der Waals surface area contributed by atoms with Crippen LogP contribution in [0, 0.1) is 19.8 Å². The topological polar surface area (TPSA) is 29.1 Å². The summed E-state index contributed by atoms with van der Waals surface area (Å²) >= 11 is 0. The smallest absolute Gasteiger partial charge is 0.228 e. The quantitative estimate of drug-likeness (QED) is 0.690. The summed E-state index contributed by atoms with van der Waals surface area (Å²) in [6.45, 7) is 4.18. The van der Waals surface area contributed by atoms with Gasteiger partial charge in [-0.3, -0.25) is 4.79 Å². The van der Waals surface area contributed by atoms with Crippen LogP contribution >= 0.6 is 0 Å². The molecule has 0 spiro atoms. The lowest BCUT2D eigenvalue weighted by Crippen LogP contribution is -2.22. The average molecular weight is 341 g/mol. The van der Waals surface area contributed by atoms with E-state index in [1.165, 1.54) is 22.3 Å². The molecule has 4 rings (SSSR count). The minimum Gasteiger partial charge on any atom is -0.326 e. The predicted molar refractivity (Wildman–Crippen MR) is 106 cm³/mol. The zero-order valence-electron chi connectivity index (χ0n) is 15.2. The van der Waals surface area contributed by atoms with Crippen LogP contribution in [0.25, 0.3) is 0 Å². The molecule has 3 aromatic carbocycles. The fourth-order valence-electron chi connectivity index (χ4n) is 3.84. The van der Waals surface area contributed by atoms with E-state index in [0.717, 1.165) is 12.1 Å². The van der Waals surface area contributed by atoms with Crippen molar-refractivity contribution in [1.82, 2.24) is 0 Å². The normalized spacial score (nSPS) is 17.5.